The van der Waals surface area contributed by atoms with Crippen LogP contribution in [0.25, 0.3) is 0 Å². The number of benzene rings is 2. The fraction of sp³-hybridized carbons (Fsp3) is 0.440. The molecule has 176 valence electrons. The Balaban J connectivity index is 1.39. The van der Waals surface area contributed by atoms with Crippen LogP contribution in [0.5, 0.6) is 0 Å². The Hall–Kier alpha value is -2.61. The van der Waals surface area contributed by atoms with Gasteiger partial charge in [-0.3, -0.25) is 9.69 Å². The molecule has 2 heterocycles. The summed E-state index contributed by atoms with van der Waals surface area (Å²) in [5, 5.41) is 6.26. The second kappa shape index (κ2) is 11.0. The summed E-state index contributed by atoms with van der Waals surface area (Å²) in [4.78, 5) is 33.0. The standard InChI is InChI=1S/C25H32ClN5O2/c1-29-13-11-22(12-14-29)30-15-17-31(18-16-30)24(32)23(19-5-3-2-4-6-19)28-25(33)27-21-9-7-20(26)8-10-21/h2-10,22-23H,11-18H2,1H3,(H2,27,28,33). The molecule has 8 heteroatoms. The van der Waals surface area contributed by atoms with Gasteiger partial charge in [0.15, 0.2) is 0 Å². The van der Waals surface area contributed by atoms with E-state index in [1.807, 2.05) is 35.2 Å². The van der Waals surface area contributed by atoms with Crippen LogP contribution < -0.4 is 10.6 Å². The van der Waals surface area contributed by atoms with E-state index in [2.05, 4.69) is 27.5 Å². The molecule has 2 N–H and O–H groups in total. The molecule has 0 spiro atoms. The van der Waals surface area contributed by atoms with Gasteiger partial charge in [-0.25, -0.2) is 4.79 Å². The van der Waals surface area contributed by atoms with E-state index < -0.39 is 12.1 Å². The molecule has 0 bridgehead atoms. The van der Waals surface area contributed by atoms with Crippen LogP contribution in [-0.2, 0) is 4.79 Å². The van der Waals surface area contributed by atoms with Crippen LogP contribution in [0.15, 0.2) is 54.6 Å². The van der Waals surface area contributed by atoms with Gasteiger partial charge in [0, 0.05) is 42.9 Å². The SMILES string of the molecule is CN1CCC(N2CCN(C(=O)C(NC(=O)Nc3ccc(Cl)cc3)c3ccccc3)CC2)CC1. The third-order valence-electron chi connectivity index (χ3n) is 6.59. The first-order chi connectivity index (χ1) is 16.0. The van der Waals surface area contributed by atoms with Gasteiger partial charge in [-0.15, -0.1) is 0 Å². The number of nitrogens with zero attached hydrogens (tertiary/aromatic N) is 3. The van der Waals surface area contributed by atoms with Crippen LogP contribution in [0.1, 0.15) is 24.4 Å². The molecule has 1 unspecified atom stereocenters. The molecular weight excluding hydrogens is 438 g/mol. The van der Waals surface area contributed by atoms with E-state index in [-0.39, 0.29) is 5.91 Å². The van der Waals surface area contributed by atoms with Gasteiger partial charge in [0.1, 0.15) is 6.04 Å². The fourth-order valence-corrected chi connectivity index (χ4v) is 4.74. The lowest BCUT2D eigenvalue weighted by atomic mass is 10.0. The Labute approximate surface area is 200 Å². The Kier molecular flexibility index (Phi) is 7.85. The molecule has 2 aliphatic heterocycles. The smallest absolute Gasteiger partial charge is 0.320 e. The zero-order valence-electron chi connectivity index (χ0n) is 19.0. The number of anilines is 1. The van der Waals surface area contributed by atoms with Crippen molar-refractivity contribution in [3.05, 3.63) is 65.2 Å². The third kappa shape index (κ3) is 6.25. The van der Waals surface area contributed by atoms with Gasteiger partial charge in [-0.05, 0) is 62.8 Å². The van der Waals surface area contributed by atoms with Gasteiger partial charge in [0.2, 0.25) is 5.91 Å². The first-order valence-electron chi connectivity index (χ1n) is 11.6. The number of hydrogen-bond acceptors (Lipinski definition) is 4. The molecule has 7 nitrogen and oxygen atoms in total. The number of hydrogen-bond donors (Lipinski definition) is 2. The van der Waals surface area contributed by atoms with Crippen molar-refractivity contribution in [3.8, 4) is 0 Å². The summed E-state index contributed by atoms with van der Waals surface area (Å²) in [6, 6.07) is 15.7. The second-order valence-corrected chi connectivity index (χ2v) is 9.28. The molecule has 2 saturated heterocycles. The van der Waals surface area contributed by atoms with Crippen LogP contribution in [0, 0.1) is 0 Å². The van der Waals surface area contributed by atoms with E-state index in [4.69, 9.17) is 11.6 Å². The predicted octanol–water partition coefficient (Wildman–Crippen LogP) is 3.44. The zero-order valence-corrected chi connectivity index (χ0v) is 19.8. The van der Waals surface area contributed by atoms with E-state index in [9.17, 15) is 9.59 Å². The van der Waals surface area contributed by atoms with Crippen LogP contribution in [0.3, 0.4) is 0 Å². The Morgan fingerprint density at radius 1 is 0.909 bits per heavy atom. The van der Waals surface area contributed by atoms with E-state index in [1.165, 1.54) is 12.8 Å². The van der Waals surface area contributed by atoms with E-state index in [0.717, 1.165) is 31.7 Å². The Morgan fingerprint density at radius 3 is 2.18 bits per heavy atom. The topological polar surface area (TPSA) is 67.9 Å². The largest absolute Gasteiger partial charge is 0.338 e. The average Bonchev–Trinajstić information content (AvgIpc) is 2.85. The lowest BCUT2D eigenvalue weighted by Crippen LogP contribution is -2.56. The minimum absolute atomic E-state index is 0.0736. The maximum atomic E-state index is 13.5. The van der Waals surface area contributed by atoms with Crippen LogP contribution in [0.2, 0.25) is 5.02 Å². The van der Waals surface area contributed by atoms with Crippen molar-refractivity contribution in [2.24, 2.45) is 0 Å². The maximum absolute atomic E-state index is 13.5. The number of amides is 3. The number of likely N-dealkylation sites (tertiary alicyclic amines) is 1. The number of halogens is 1. The summed E-state index contributed by atoms with van der Waals surface area (Å²) >= 11 is 5.92. The number of carbonyl (C=O) groups is 2. The molecule has 0 aromatic heterocycles. The molecule has 2 aromatic rings. The van der Waals surface area contributed by atoms with Crippen molar-refractivity contribution in [3.63, 3.8) is 0 Å². The molecule has 0 aliphatic carbocycles. The summed E-state index contributed by atoms with van der Waals surface area (Å²) in [6.07, 6.45) is 2.37. The van der Waals surface area contributed by atoms with Gasteiger partial charge in [-0.1, -0.05) is 41.9 Å². The van der Waals surface area contributed by atoms with E-state index in [0.29, 0.717) is 29.8 Å². The monoisotopic (exact) mass is 469 g/mol. The number of nitrogens with one attached hydrogen (secondary N) is 2. The van der Waals surface area contributed by atoms with Crippen molar-refractivity contribution in [2.75, 3.05) is 51.6 Å². The molecule has 1 atom stereocenters. The fourth-order valence-electron chi connectivity index (χ4n) is 4.61. The first-order valence-corrected chi connectivity index (χ1v) is 12.0. The van der Waals surface area contributed by atoms with Crippen molar-refractivity contribution < 1.29 is 9.59 Å². The van der Waals surface area contributed by atoms with Gasteiger partial charge in [-0.2, -0.15) is 0 Å². The molecule has 33 heavy (non-hydrogen) atoms. The molecule has 3 amide bonds. The van der Waals surface area contributed by atoms with Crippen LogP contribution in [0.4, 0.5) is 10.5 Å². The highest BCUT2D eigenvalue weighted by Gasteiger charge is 2.32. The summed E-state index contributed by atoms with van der Waals surface area (Å²) < 4.78 is 0. The van der Waals surface area contributed by atoms with E-state index >= 15 is 0 Å². The second-order valence-electron chi connectivity index (χ2n) is 8.84. The molecule has 2 aliphatic rings. The van der Waals surface area contributed by atoms with Gasteiger partial charge < -0.3 is 20.4 Å². The Morgan fingerprint density at radius 2 is 1.55 bits per heavy atom. The number of piperidine rings is 1. The summed E-state index contributed by atoms with van der Waals surface area (Å²) in [5.41, 5.74) is 1.38. The van der Waals surface area contributed by atoms with Crippen LogP contribution >= 0.6 is 11.6 Å². The number of carbonyl (C=O) groups excluding carboxylic acids is 2. The normalized spacial score (nSPS) is 19.2. The van der Waals surface area contributed by atoms with Crippen molar-refractivity contribution >= 4 is 29.2 Å². The van der Waals surface area contributed by atoms with Gasteiger partial charge >= 0.3 is 6.03 Å². The number of urea groups is 1. The summed E-state index contributed by atoms with van der Waals surface area (Å²) in [7, 11) is 2.17. The lowest BCUT2D eigenvalue weighted by molar-refractivity contribution is -0.135. The number of piperazine rings is 1. The van der Waals surface area contributed by atoms with Crippen molar-refractivity contribution in [1.29, 1.82) is 0 Å². The van der Waals surface area contributed by atoms with Gasteiger partial charge in [0.25, 0.3) is 0 Å². The highest BCUT2D eigenvalue weighted by Crippen LogP contribution is 2.21. The molecule has 0 saturated carbocycles. The quantitative estimate of drug-likeness (QED) is 0.704. The van der Waals surface area contributed by atoms with Crippen molar-refractivity contribution in [1.82, 2.24) is 20.0 Å². The molecule has 4 rings (SSSR count). The van der Waals surface area contributed by atoms with Gasteiger partial charge in [0.05, 0.1) is 0 Å². The summed E-state index contributed by atoms with van der Waals surface area (Å²) in [6.45, 7) is 5.36. The molecule has 2 fully saturated rings. The molecule has 0 radical (unpaired) electrons. The van der Waals surface area contributed by atoms with Crippen LogP contribution in [-0.4, -0.2) is 79.0 Å². The Bertz CT molecular complexity index is 924. The minimum atomic E-state index is -0.742. The first kappa shape index (κ1) is 23.5. The highest BCUT2D eigenvalue weighted by atomic mass is 35.5. The third-order valence-corrected chi connectivity index (χ3v) is 6.84. The lowest BCUT2D eigenvalue weighted by Gasteiger charge is -2.42. The van der Waals surface area contributed by atoms with Crippen molar-refractivity contribution in [2.45, 2.75) is 24.9 Å². The maximum Gasteiger partial charge on any atom is 0.320 e. The summed E-state index contributed by atoms with van der Waals surface area (Å²) in [5.74, 6) is -0.0736. The minimum Gasteiger partial charge on any atom is -0.338 e. The number of rotatable bonds is 5. The average molecular weight is 470 g/mol. The zero-order chi connectivity index (χ0) is 23.2. The predicted molar refractivity (Wildman–Crippen MR) is 131 cm³/mol. The highest BCUT2D eigenvalue weighted by molar-refractivity contribution is 6.30. The molecule has 2 aromatic carbocycles. The van der Waals surface area contributed by atoms with E-state index in [1.54, 1.807) is 24.3 Å². The molecular formula is C25H32ClN5O2.